The average Bonchev–Trinajstić information content (AvgIpc) is 3.21. The Kier molecular flexibility index (Phi) is 5.47. The van der Waals surface area contributed by atoms with Gasteiger partial charge in [0.1, 0.15) is 5.69 Å². The van der Waals surface area contributed by atoms with Gasteiger partial charge < -0.3 is 5.32 Å². The van der Waals surface area contributed by atoms with Crippen LogP contribution < -0.4 is 5.32 Å². The fourth-order valence-corrected chi connectivity index (χ4v) is 3.12. The lowest BCUT2D eigenvalue weighted by Gasteiger charge is -2.05. The first-order valence-corrected chi connectivity index (χ1v) is 9.61. The van der Waals surface area contributed by atoms with Crippen LogP contribution in [0.1, 0.15) is 21.6 Å². The third kappa shape index (κ3) is 4.41. The molecule has 144 valence electrons. The van der Waals surface area contributed by atoms with Gasteiger partial charge in [0.25, 0.3) is 5.91 Å². The predicted molar refractivity (Wildman–Crippen MR) is 114 cm³/mol. The minimum atomic E-state index is -0.141. The zero-order valence-corrected chi connectivity index (χ0v) is 16.2. The summed E-state index contributed by atoms with van der Waals surface area (Å²) in [4.78, 5) is 17.2. The van der Waals surface area contributed by atoms with E-state index in [0.717, 1.165) is 16.9 Å². The minimum absolute atomic E-state index is 0.141. The Hall–Kier alpha value is -3.73. The van der Waals surface area contributed by atoms with Crippen LogP contribution in [0.2, 0.25) is 0 Å². The van der Waals surface area contributed by atoms with Gasteiger partial charge in [-0.2, -0.15) is 5.10 Å². The number of carbonyl (C=O) groups is 1. The quantitative estimate of drug-likeness (QED) is 0.543. The maximum absolute atomic E-state index is 12.9. The van der Waals surface area contributed by atoms with E-state index in [1.807, 2.05) is 79.7 Å². The van der Waals surface area contributed by atoms with Gasteiger partial charge in [-0.05, 0) is 31.2 Å². The molecule has 0 fully saturated rings. The van der Waals surface area contributed by atoms with Crippen molar-refractivity contribution in [3.8, 4) is 16.9 Å². The lowest BCUT2D eigenvalue weighted by molar-refractivity contribution is 0.0954. The summed E-state index contributed by atoms with van der Waals surface area (Å²) in [5.74, 6) is -0.141. The Balaban J connectivity index is 1.60. The highest BCUT2D eigenvalue weighted by Gasteiger charge is 2.18. The van der Waals surface area contributed by atoms with Crippen molar-refractivity contribution >= 4 is 5.91 Å². The van der Waals surface area contributed by atoms with E-state index in [-0.39, 0.29) is 5.91 Å². The molecule has 0 saturated heterocycles. The Morgan fingerprint density at radius 2 is 1.72 bits per heavy atom. The van der Waals surface area contributed by atoms with Gasteiger partial charge >= 0.3 is 0 Å². The molecule has 0 spiro atoms. The van der Waals surface area contributed by atoms with E-state index in [1.165, 1.54) is 5.56 Å². The summed E-state index contributed by atoms with van der Waals surface area (Å²) >= 11 is 0. The van der Waals surface area contributed by atoms with E-state index < -0.39 is 0 Å². The number of hydrogen-bond donors (Lipinski definition) is 1. The molecule has 2 aromatic heterocycles. The van der Waals surface area contributed by atoms with Gasteiger partial charge in [-0.15, -0.1) is 0 Å². The normalized spacial score (nSPS) is 10.7. The number of carbonyl (C=O) groups excluding carboxylic acids is 1. The molecule has 1 N–H and O–H groups in total. The van der Waals surface area contributed by atoms with Crippen LogP contribution in [0.15, 0.2) is 85.2 Å². The van der Waals surface area contributed by atoms with E-state index in [1.54, 1.807) is 17.1 Å². The molecule has 5 nitrogen and oxygen atoms in total. The highest BCUT2D eigenvalue weighted by molar-refractivity contribution is 5.99. The molecule has 2 heterocycles. The number of nitrogens with zero attached hydrogens (tertiary/aromatic N) is 3. The summed E-state index contributed by atoms with van der Waals surface area (Å²) in [5.41, 5.74) is 5.18. The maximum atomic E-state index is 12.9. The largest absolute Gasteiger partial charge is 0.352 e. The molecule has 0 unspecified atom stereocenters. The van der Waals surface area contributed by atoms with Crippen molar-refractivity contribution in [3.63, 3.8) is 0 Å². The second-order valence-corrected chi connectivity index (χ2v) is 6.86. The Labute approximate surface area is 170 Å². The van der Waals surface area contributed by atoms with Crippen molar-refractivity contribution in [2.45, 2.75) is 13.3 Å². The molecule has 1 amide bonds. The Morgan fingerprint density at radius 3 is 2.45 bits per heavy atom. The number of amides is 1. The van der Waals surface area contributed by atoms with Gasteiger partial charge in [0.05, 0.1) is 11.3 Å². The zero-order valence-electron chi connectivity index (χ0n) is 16.2. The molecule has 4 aromatic rings. The SMILES string of the molecule is Cc1ccc(-n2cc(C(=O)NCCc3ccccn3)c(-c3ccccc3)n2)cc1. The van der Waals surface area contributed by atoms with Crippen molar-refractivity contribution in [1.29, 1.82) is 0 Å². The molecular weight excluding hydrogens is 360 g/mol. The minimum Gasteiger partial charge on any atom is -0.352 e. The first-order valence-electron chi connectivity index (χ1n) is 9.61. The van der Waals surface area contributed by atoms with Gasteiger partial charge in [0, 0.05) is 36.6 Å². The first-order chi connectivity index (χ1) is 14.2. The molecule has 4 rings (SSSR count). The number of rotatable bonds is 6. The van der Waals surface area contributed by atoms with Crippen molar-refractivity contribution in [2.75, 3.05) is 6.54 Å². The summed E-state index contributed by atoms with van der Waals surface area (Å²) in [6, 6.07) is 23.6. The van der Waals surface area contributed by atoms with E-state index in [4.69, 9.17) is 5.10 Å². The Morgan fingerprint density at radius 1 is 0.966 bits per heavy atom. The van der Waals surface area contributed by atoms with Crippen molar-refractivity contribution in [3.05, 3.63) is 102 Å². The van der Waals surface area contributed by atoms with Crippen LogP contribution in [-0.2, 0) is 6.42 Å². The third-order valence-corrected chi connectivity index (χ3v) is 4.70. The standard InChI is InChI=1S/C24H22N4O/c1-18-10-12-21(13-11-18)28-17-22(23(27-28)19-7-3-2-4-8-19)24(29)26-16-14-20-9-5-6-15-25-20/h2-13,15,17H,14,16H2,1H3,(H,26,29). The van der Waals surface area contributed by atoms with Crippen LogP contribution in [0.5, 0.6) is 0 Å². The van der Waals surface area contributed by atoms with Crippen molar-refractivity contribution in [1.82, 2.24) is 20.1 Å². The van der Waals surface area contributed by atoms with Gasteiger partial charge in [-0.3, -0.25) is 9.78 Å². The fraction of sp³-hybridized carbons (Fsp3) is 0.125. The molecule has 0 saturated carbocycles. The van der Waals surface area contributed by atoms with Gasteiger partial charge in [-0.1, -0.05) is 54.1 Å². The average molecular weight is 382 g/mol. The number of aryl methyl sites for hydroxylation is 1. The summed E-state index contributed by atoms with van der Waals surface area (Å²) < 4.78 is 1.76. The molecule has 29 heavy (non-hydrogen) atoms. The third-order valence-electron chi connectivity index (χ3n) is 4.70. The second-order valence-electron chi connectivity index (χ2n) is 6.86. The zero-order chi connectivity index (χ0) is 20.1. The first kappa shape index (κ1) is 18.6. The van der Waals surface area contributed by atoms with Gasteiger partial charge in [0.15, 0.2) is 0 Å². The highest BCUT2D eigenvalue weighted by Crippen LogP contribution is 2.23. The summed E-state index contributed by atoms with van der Waals surface area (Å²) in [7, 11) is 0. The fourth-order valence-electron chi connectivity index (χ4n) is 3.12. The second kappa shape index (κ2) is 8.52. The molecule has 0 aliphatic rings. The summed E-state index contributed by atoms with van der Waals surface area (Å²) in [6.07, 6.45) is 4.23. The molecule has 0 aliphatic heterocycles. The van der Waals surface area contributed by atoms with Crippen molar-refractivity contribution < 1.29 is 4.79 Å². The van der Waals surface area contributed by atoms with Crippen LogP contribution in [0.4, 0.5) is 0 Å². The molecule has 0 aliphatic carbocycles. The monoisotopic (exact) mass is 382 g/mol. The molecule has 2 aromatic carbocycles. The number of aromatic nitrogens is 3. The van der Waals surface area contributed by atoms with Crippen LogP contribution in [0, 0.1) is 6.92 Å². The van der Waals surface area contributed by atoms with Crippen LogP contribution in [-0.4, -0.2) is 27.2 Å². The highest BCUT2D eigenvalue weighted by atomic mass is 16.1. The maximum Gasteiger partial charge on any atom is 0.255 e. The van der Waals surface area contributed by atoms with E-state index in [2.05, 4.69) is 10.3 Å². The molecule has 0 radical (unpaired) electrons. The topological polar surface area (TPSA) is 59.8 Å². The number of pyridine rings is 1. The number of hydrogen-bond acceptors (Lipinski definition) is 3. The lowest BCUT2D eigenvalue weighted by Crippen LogP contribution is -2.26. The summed E-state index contributed by atoms with van der Waals surface area (Å²) in [6.45, 7) is 2.56. The molecular formula is C24H22N4O. The van der Waals surface area contributed by atoms with E-state index >= 15 is 0 Å². The number of nitrogens with one attached hydrogen (secondary N) is 1. The molecule has 0 atom stereocenters. The lowest BCUT2D eigenvalue weighted by atomic mass is 10.1. The van der Waals surface area contributed by atoms with Crippen LogP contribution >= 0.6 is 0 Å². The summed E-state index contributed by atoms with van der Waals surface area (Å²) in [5, 5.41) is 7.71. The van der Waals surface area contributed by atoms with Crippen molar-refractivity contribution in [2.24, 2.45) is 0 Å². The van der Waals surface area contributed by atoms with E-state index in [9.17, 15) is 4.79 Å². The van der Waals surface area contributed by atoms with E-state index in [0.29, 0.717) is 24.2 Å². The molecule has 0 bridgehead atoms. The van der Waals surface area contributed by atoms with Gasteiger partial charge in [0.2, 0.25) is 0 Å². The Bertz CT molecular complexity index is 1090. The van der Waals surface area contributed by atoms with Crippen LogP contribution in [0.25, 0.3) is 16.9 Å². The van der Waals surface area contributed by atoms with Crippen LogP contribution in [0.3, 0.4) is 0 Å². The molecule has 5 heteroatoms. The predicted octanol–water partition coefficient (Wildman–Crippen LogP) is 4.22. The smallest absolute Gasteiger partial charge is 0.255 e. The number of benzene rings is 2. The van der Waals surface area contributed by atoms with Gasteiger partial charge in [-0.25, -0.2) is 4.68 Å².